The van der Waals surface area contributed by atoms with Gasteiger partial charge in [0, 0.05) is 4.47 Å². The minimum Gasteiger partial charge on any atom is -0.322 e. The molecule has 0 aliphatic rings. The van der Waals surface area contributed by atoms with Crippen molar-refractivity contribution in [2.75, 3.05) is 5.32 Å². The number of amides is 1. The number of hydrogen-bond acceptors (Lipinski definition) is 3. The number of hydrogen-bond donors (Lipinski definition) is 1. The third kappa shape index (κ3) is 2.89. The molecule has 5 nitrogen and oxygen atoms in total. The molecular formula is C14H13BrN4O. The average molecular weight is 333 g/mol. The largest absolute Gasteiger partial charge is 0.322 e. The molecule has 0 aliphatic heterocycles. The number of anilines is 1. The summed E-state index contributed by atoms with van der Waals surface area (Å²) in [6, 6.07) is 9.59. The minimum absolute atomic E-state index is 0.355. The lowest BCUT2D eigenvalue weighted by atomic mass is 9.95. The second kappa shape index (κ2) is 5.47. The molecule has 0 fully saturated rings. The highest BCUT2D eigenvalue weighted by molar-refractivity contribution is 9.10. The van der Waals surface area contributed by atoms with Crippen molar-refractivity contribution < 1.29 is 4.79 Å². The maximum absolute atomic E-state index is 11.9. The average Bonchev–Trinajstić information content (AvgIpc) is 2.87. The van der Waals surface area contributed by atoms with Crippen molar-refractivity contribution in [2.24, 2.45) is 5.41 Å². The monoisotopic (exact) mass is 332 g/mol. The first-order chi connectivity index (χ1) is 9.44. The molecule has 0 bridgehead atoms. The fourth-order valence-electron chi connectivity index (χ4n) is 1.49. The fraction of sp³-hybridized carbons (Fsp3) is 0.214. The van der Waals surface area contributed by atoms with Crippen molar-refractivity contribution in [1.82, 2.24) is 9.78 Å². The van der Waals surface area contributed by atoms with Gasteiger partial charge in [-0.2, -0.15) is 10.4 Å². The summed E-state index contributed by atoms with van der Waals surface area (Å²) in [4.78, 5) is 11.9. The highest BCUT2D eigenvalue weighted by Crippen LogP contribution is 2.22. The molecule has 2 aromatic rings. The van der Waals surface area contributed by atoms with Gasteiger partial charge in [-0.3, -0.25) is 4.79 Å². The number of carbonyl (C=O) groups is 1. The van der Waals surface area contributed by atoms with Gasteiger partial charge in [-0.15, -0.1) is 0 Å². The van der Waals surface area contributed by atoms with E-state index < -0.39 is 5.41 Å². The van der Waals surface area contributed by atoms with E-state index in [-0.39, 0.29) is 5.91 Å². The summed E-state index contributed by atoms with van der Waals surface area (Å²) >= 11 is 3.44. The van der Waals surface area contributed by atoms with Gasteiger partial charge in [0.25, 0.3) is 0 Å². The van der Waals surface area contributed by atoms with E-state index in [9.17, 15) is 4.79 Å². The molecule has 1 aromatic carbocycles. The first kappa shape index (κ1) is 14.3. The lowest BCUT2D eigenvalue weighted by Crippen LogP contribution is -2.28. The van der Waals surface area contributed by atoms with E-state index in [0.29, 0.717) is 5.69 Å². The zero-order chi connectivity index (χ0) is 14.8. The van der Waals surface area contributed by atoms with Crippen LogP contribution in [0, 0.1) is 16.7 Å². The van der Waals surface area contributed by atoms with Crippen LogP contribution in [0.4, 0.5) is 5.69 Å². The van der Waals surface area contributed by atoms with Crippen molar-refractivity contribution in [2.45, 2.75) is 13.8 Å². The van der Waals surface area contributed by atoms with Crippen LogP contribution in [0.25, 0.3) is 5.69 Å². The Hall–Kier alpha value is -2.13. The number of rotatable bonds is 3. The van der Waals surface area contributed by atoms with Crippen LogP contribution >= 0.6 is 15.9 Å². The van der Waals surface area contributed by atoms with Crippen molar-refractivity contribution >= 4 is 27.5 Å². The predicted octanol–water partition coefficient (Wildman–Crippen LogP) is 3.12. The third-order valence-corrected chi connectivity index (χ3v) is 3.46. The molecule has 0 unspecified atom stereocenters. The van der Waals surface area contributed by atoms with Crippen LogP contribution in [0.15, 0.2) is 41.1 Å². The normalized spacial score (nSPS) is 10.9. The third-order valence-electron chi connectivity index (χ3n) is 2.79. The Morgan fingerprint density at radius 3 is 2.80 bits per heavy atom. The summed E-state index contributed by atoms with van der Waals surface area (Å²) in [6.07, 6.45) is 3.25. The zero-order valence-electron chi connectivity index (χ0n) is 11.1. The fourth-order valence-corrected chi connectivity index (χ4v) is 1.96. The van der Waals surface area contributed by atoms with Crippen LogP contribution in [-0.4, -0.2) is 15.7 Å². The second-order valence-corrected chi connectivity index (χ2v) is 5.67. The topological polar surface area (TPSA) is 70.7 Å². The Labute approximate surface area is 125 Å². The SMILES string of the molecule is CC(C)(C#N)C(=O)Nc1cnn(-c2ccccc2Br)c1. The van der Waals surface area contributed by atoms with Gasteiger partial charge in [-0.25, -0.2) is 4.68 Å². The van der Waals surface area contributed by atoms with Gasteiger partial charge in [-0.1, -0.05) is 12.1 Å². The molecule has 0 saturated carbocycles. The van der Waals surface area contributed by atoms with E-state index in [1.165, 1.54) is 0 Å². The van der Waals surface area contributed by atoms with E-state index >= 15 is 0 Å². The Morgan fingerprint density at radius 1 is 1.45 bits per heavy atom. The Kier molecular flexibility index (Phi) is 3.91. The molecule has 0 atom stereocenters. The highest BCUT2D eigenvalue weighted by Gasteiger charge is 2.27. The van der Waals surface area contributed by atoms with E-state index in [1.54, 1.807) is 30.9 Å². The highest BCUT2D eigenvalue weighted by atomic mass is 79.9. The second-order valence-electron chi connectivity index (χ2n) is 4.82. The number of nitriles is 1. The van der Waals surface area contributed by atoms with Gasteiger partial charge in [0.15, 0.2) is 0 Å². The quantitative estimate of drug-likeness (QED) is 0.938. The van der Waals surface area contributed by atoms with Crippen LogP contribution in [0.5, 0.6) is 0 Å². The molecule has 0 spiro atoms. The lowest BCUT2D eigenvalue weighted by Gasteiger charge is -2.13. The Morgan fingerprint density at radius 2 is 2.15 bits per heavy atom. The molecule has 0 aliphatic carbocycles. The number of nitrogens with zero attached hydrogens (tertiary/aromatic N) is 3. The van der Waals surface area contributed by atoms with Crippen LogP contribution in [0.3, 0.4) is 0 Å². The molecule has 6 heteroatoms. The molecular weight excluding hydrogens is 320 g/mol. The van der Waals surface area contributed by atoms with Crippen LogP contribution in [-0.2, 0) is 4.79 Å². The minimum atomic E-state index is -1.07. The van der Waals surface area contributed by atoms with E-state index in [0.717, 1.165) is 10.2 Å². The Bertz CT molecular complexity index is 684. The van der Waals surface area contributed by atoms with E-state index in [1.807, 2.05) is 30.3 Å². The summed E-state index contributed by atoms with van der Waals surface area (Å²) in [6.45, 7) is 3.14. The van der Waals surface area contributed by atoms with Gasteiger partial charge in [-0.05, 0) is 41.9 Å². The molecule has 1 amide bonds. The van der Waals surface area contributed by atoms with Gasteiger partial charge < -0.3 is 5.32 Å². The number of aromatic nitrogens is 2. The first-order valence-electron chi connectivity index (χ1n) is 5.96. The number of carbonyl (C=O) groups excluding carboxylic acids is 1. The maximum atomic E-state index is 11.9. The standard InChI is InChI=1S/C14H13BrN4O/c1-14(2,9-16)13(20)18-10-7-17-19(8-10)12-6-4-3-5-11(12)15/h3-8H,1-2H3,(H,18,20). The summed E-state index contributed by atoms with van der Waals surface area (Å²) in [5, 5.41) is 15.8. The first-order valence-corrected chi connectivity index (χ1v) is 6.75. The van der Waals surface area contributed by atoms with Crippen LogP contribution < -0.4 is 5.32 Å². The molecule has 0 radical (unpaired) electrons. The van der Waals surface area contributed by atoms with Crippen LogP contribution in [0.1, 0.15) is 13.8 Å². The van der Waals surface area contributed by atoms with Gasteiger partial charge >= 0.3 is 0 Å². The molecule has 102 valence electrons. The number of nitrogens with one attached hydrogen (secondary N) is 1. The zero-order valence-corrected chi connectivity index (χ0v) is 12.7. The Balaban J connectivity index is 2.21. The van der Waals surface area contributed by atoms with Crippen molar-refractivity contribution in [1.29, 1.82) is 5.26 Å². The molecule has 1 heterocycles. The van der Waals surface area contributed by atoms with Crippen molar-refractivity contribution in [3.63, 3.8) is 0 Å². The number of halogens is 1. The van der Waals surface area contributed by atoms with E-state index in [2.05, 4.69) is 26.3 Å². The number of para-hydroxylation sites is 1. The molecule has 20 heavy (non-hydrogen) atoms. The van der Waals surface area contributed by atoms with Gasteiger partial charge in [0.1, 0.15) is 5.41 Å². The molecule has 2 rings (SSSR count). The predicted molar refractivity (Wildman–Crippen MR) is 79.3 cm³/mol. The van der Waals surface area contributed by atoms with Crippen LogP contribution in [0.2, 0.25) is 0 Å². The smallest absolute Gasteiger partial charge is 0.244 e. The molecule has 1 aromatic heterocycles. The summed E-state index contributed by atoms with van der Waals surface area (Å²) in [5.74, 6) is -0.355. The van der Waals surface area contributed by atoms with Crippen molar-refractivity contribution in [3.8, 4) is 11.8 Å². The molecule has 0 saturated heterocycles. The molecule has 1 N–H and O–H groups in total. The van der Waals surface area contributed by atoms with Gasteiger partial charge in [0.2, 0.25) is 5.91 Å². The summed E-state index contributed by atoms with van der Waals surface area (Å²) < 4.78 is 2.55. The van der Waals surface area contributed by atoms with Crippen molar-refractivity contribution in [3.05, 3.63) is 41.1 Å². The van der Waals surface area contributed by atoms with E-state index in [4.69, 9.17) is 5.26 Å². The number of benzene rings is 1. The maximum Gasteiger partial charge on any atom is 0.244 e. The van der Waals surface area contributed by atoms with Gasteiger partial charge in [0.05, 0.1) is 29.8 Å². The summed E-state index contributed by atoms with van der Waals surface area (Å²) in [5.41, 5.74) is 0.344. The lowest BCUT2D eigenvalue weighted by molar-refractivity contribution is -0.121. The summed E-state index contributed by atoms with van der Waals surface area (Å²) in [7, 11) is 0.